The van der Waals surface area contributed by atoms with Gasteiger partial charge in [0.1, 0.15) is 0 Å². The number of Topliss-reactive ketones (excluding diaryl/α,β-unsaturated/α-hetero) is 1. The lowest BCUT2D eigenvalue weighted by atomic mass is 9.93. The predicted molar refractivity (Wildman–Crippen MR) is 80.3 cm³/mol. The summed E-state index contributed by atoms with van der Waals surface area (Å²) in [6, 6.07) is 5.36. The first-order chi connectivity index (χ1) is 10.2. The number of benzene rings is 1. The molecule has 1 aliphatic heterocycles. The van der Waals surface area contributed by atoms with Crippen molar-refractivity contribution in [1.29, 1.82) is 0 Å². The van der Waals surface area contributed by atoms with Gasteiger partial charge < -0.3 is 19.5 Å². The molecule has 1 aromatic rings. The Morgan fingerprint density at radius 3 is 2.71 bits per heavy atom. The molecule has 21 heavy (non-hydrogen) atoms. The van der Waals surface area contributed by atoms with Gasteiger partial charge in [0.05, 0.1) is 33.4 Å². The maximum Gasteiger partial charge on any atom is 0.170 e. The summed E-state index contributed by atoms with van der Waals surface area (Å²) in [5.74, 6) is 1.13. The zero-order chi connectivity index (χ0) is 15.2. The summed E-state index contributed by atoms with van der Waals surface area (Å²) in [5.41, 5.74) is 0.631. The lowest BCUT2D eigenvalue weighted by molar-refractivity contribution is 0.0891. The monoisotopic (exact) mass is 293 g/mol. The van der Waals surface area contributed by atoms with Gasteiger partial charge in [-0.05, 0) is 31.2 Å². The number of carbonyl (C=O) groups excluding carboxylic acids is 1. The van der Waals surface area contributed by atoms with E-state index in [1.54, 1.807) is 32.4 Å². The summed E-state index contributed by atoms with van der Waals surface area (Å²) in [6.45, 7) is 4.05. The summed E-state index contributed by atoms with van der Waals surface area (Å²) in [4.78, 5) is 12.7. The maximum atomic E-state index is 12.7. The molecule has 1 saturated heterocycles. The molecule has 5 nitrogen and oxygen atoms in total. The summed E-state index contributed by atoms with van der Waals surface area (Å²) >= 11 is 0. The molecule has 2 unspecified atom stereocenters. The van der Waals surface area contributed by atoms with Gasteiger partial charge in [0.15, 0.2) is 17.3 Å². The molecule has 0 radical (unpaired) electrons. The fraction of sp³-hybridized carbons (Fsp3) is 0.562. The molecule has 2 atom stereocenters. The third-order valence-electron chi connectivity index (χ3n) is 3.74. The van der Waals surface area contributed by atoms with Gasteiger partial charge in [-0.2, -0.15) is 0 Å². The second-order valence-electron chi connectivity index (χ2n) is 5.14. The summed E-state index contributed by atoms with van der Waals surface area (Å²) < 4.78 is 15.9. The van der Waals surface area contributed by atoms with E-state index in [0.717, 1.165) is 13.0 Å². The minimum absolute atomic E-state index is 0.0852. The van der Waals surface area contributed by atoms with Crippen LogP contribution in [0.4, 0.5) is 0 Å². The van der Waals surface area contributed by atoms with E-state index < -0.39 is 0 Å². The Bertz CT molecular complexity index is 489. The Morgan fingerprint density at radius 2 is 2.05 bits per heavy atom. The minimum atomic E-state index is -0.144. The topological polar surface area (TPSA) is 56.8 Å². The van der Waals surface area contributed by atoms with Gasteiger partial charge in [-0.3, -0.25) is 4.79 Å². The molecule has 2 rings (SSSR count). The number of methoxy groups -OCH3 is 2. The summed E-state index contributed by atoms with van der Waals surface area (Å²) in [6.07, 6.45) is 1.04. The van der Waals surface area contributed by atoms with Crippen molar-refractivity contribution in [1.82, 2.24) is 5.32 Å². The van der Waals surface area contributed by atoms with Gasteiger partial charge in [0.2, 0.25) is 0 Å². The van der Waals surface area contributed by atoms with Gasteiger partial charge in [0.25, 0.3) is 0 Å². The number of hydrogen-bond donors (Lipinski definition) is 1. The summed E-state index contributed by atoms with van der Waals surface area (Å²) in [7, 11) is 3.14. The molecule has 1 N–H and O–H groups in total. The van der Waals surface area contributed by atoms with Gasteiger partial charge in [-0.15, -0.1) is 0 Å². The quantitative estimate of drug-likeness (QED) is 0.778. The minimum Gasteiger partial charge on any atom is -0.493 e. The second kappa shape index (κ2) is 7.43. The van der Waals surface area contributed by atoms with E-state index in [1.807, 2.05) is 0 Å². The standard InChI is InChI=1S/C16H23NO4/c1-4-7-17-13-10-21-9-12(13)16(18)11-5-6-14(19-2)15(8-11)20-3/h5-6,8,12-13,17H,4,7,9-10H2,1-3H3. The van der Waals surface area contributed by atoms with Crippen LogP contribution in [0.5, 0.6) is 11.5 Å². The fourth-order valence-corrected chi connectivity index (χ4v) is 2.55. The van der Waals surface area contributed by atoms with Crippen molar-refractivity contribution in [3.8, 4) is 11.5 Å². The molecule has 0 aliphatic carbocycles. The highest BCUT2D eigenvalue weighted by atomic mass is 16.5. The normalized spacial score (nSPS) is 21.3. The Labute approximate surface area is 125 Å². The van der Waals surface area contributed by atoms with E-state index in [2.05, 4.69) is 12.2 Å². The zero-order valence-corrected chi connectivity index (χ0v) is 12.8. The van der Waals surface area contributed by atoms with Gasteiger partial charge in [0, 0.05) is 11.6 Å². The SMILES string of the molecule is CCCNC1COCC1C(=O)c1ccc(OC)c(OC)c1. The number of ether oxygens (including phenoxy) is 3. The molecule has 0 amide bonds. The highest BCUT2D eigenvalue weighted by molar-refractivity contribution is 5.99. The van der Waals surface area contributed by atoms with Crippen LogP contribution in [0.2, 0.25) is 0 Å². The van der Waals surface area contributed by atoms with Crippen molar-refractivity contribution in [3.05, 3.63) is 23.8 Å². The van der Waals surface area contributed by atoms with E-state index in [4.69, 9.17) is 14.2 Å². The second-order valence-corrected chi connectivity index (χ2v) is 5.14. The Hall–Kier alpha value is -1.59. The van der Waals surface area contributed by atoms with Crippen LogP contribution in [-0.4, -0.2) is 45.8 Å². The molecule has 116 valence electrons. The van der Waals surface area contributed by atoms with Crippen molar-refractivity contribution in [2.45, 2.75) is 19.4 Å². The van der Waals surface area contributed by atoms with Crippen LogP contribution in [0.1, 0.15) is 23.7 Å². The molecule has 0 saturated carbocycles. The van der Waals surface area contributed by atoms with Crippen LogP contribution in [0.3, 0.4) is 0 Å². The number of hydrogen-bond acceptors (Lipinski definition) is 5. The molecule has 0 spiro atoms. The van der Waals surface area contributed by atoms with E-state index in [9.17, 15) is 4.79 Å². The molecule has 0 bridgehead atoms. The van der Waals surface area contributed by atoms with E-state index in [0.29, 0.717) is 30.3 Å². The molecule has 0 aromatic heterocycles. The smallest absolute Gasteiger partial charge is 0.170 e. The van der Waals surface area contributed by atoms with Crippen molar-refractivity contribution in [3.63, 3.8) is 0 Å². The molecular weight excluding hydrogens is 270 g/mol. The average molecular weight is 293 g/mol. The number of rotatable bonds is 7. The van der Waals surface area contributed by atoms with Crippen molar-refractivity contribution in [2.24, 2.45) is 5.92 Å². The predicted octanol–water partition coefficient (Wildman–Crippen LogP) is 1.90. The first-order valence-electron chi connectivity index (χ1n) is 7.28. The molecule has 1 aromatic carbocycles. The third-order valence-corrected chi connectivity index (χ3v) is 3.74. The Morgan fingerprint density at radius 1 is 1.29 bits per heavy atom. The number of nitrogens with one attached hydrogen (secondary N) is 1. The Kier molecular flexibility index (Phi) is 5.59. The molecule has 1 aliphatic rings. The number of ketones is 1. The van der Waals surface area contributed by atoms with Gasteiger partial charge in [-0.25, -0.2) is 0 Å². The number of carbonyl (C=O) groups is 1. The van der Waals surface area contributed by atoms with Crippen molar-refractivity contribution < 1.29 is 19.0 Å². The summed E-state index contributed by atoms with van der Waals surface area (Å²) in [5, 5.41) is 3.38. The highest BCUT2D eigenvalue weighted by Crippen LogP contribution is 2.29. The highest BCUT2D eigenvalue weighted by Gasteiger charge is 2.34. The fourth-order valence-electron chi connectivity index (χ4n) is 2.55. The lowest BCUT2D eigenvalue weighted by Crippen LogP contribution is -2.39. The van der Waals surface area contributed by atoms with Crippen LogP contribution < -0.4 is 14.8 Å². The van der Waals surface area contributed by atoms with Crippen LogP contribution in [-0.2, 0) is 4.74 Å². The molecular formula is C16H23NO4. The van der Waals surface area contributed by atoms with Gasteiger partial charge in [-0.1, -0.05) is 6.92 Å². The van der Waals surface area contributed by atoms with E-state index >= 15 is 0 Å². The molecule has 5 heteroatoms. The van der Waals surface area contributed by atoms with Crippen molar-refractivity contribution >= 4 is 5.78 Å². The maximum absolute atomic E-state index is 12.7. The first kappa shape index (κ1) is 15.8. The van der Waals surface area contributed by atoms with E-state index in [-0.39, 0.29) is 17.7 Å². The van der Waals surface area contributed by atoms with Crippen molar-refractivity contribution in [2.75, 3.05) is 34.0 Å². The zero-order valence-electron chi connectivity index (χ0n) is 12.8. The lowest BCUT2D eigenvalue weighted by Gasteiger charge is -2.18. The Balaban J connectivity index is 2.15. The average Bonchev–Trinajstić information content (AvgIpc) is 2.99. The van der Waals surface area contributed by atoms with Crippen LogP contribution in [0.15, 0.2) is 18.2 Å². The molecule has 1 heterocycles. The molecule has 1 fully saturated rings. The van der Waals surface area contributed by atoms with Crippen LogP contribution in [0, 0.1) is 5.92 Å². The first-order valence-corrected chi connectivity index (χ1v) is 7.28. The van der Waals surface area contributed by atoms with Crippen LogP contribution in [0.25, 0.3) is 0 Å². The van der Waals surface area contributed by atoms with Gasteiger partial charge >= 0.3 is 0 Å². The van der Waals surface area contributed by atoms with E-state index in [1.165, 1.54) is 0 Å². The third kappa shape index (κ3) is 3.54. The largest absolute Gasteiger partial charge is 0.493 e. The van der Waals surface area contributed by atoms with Crippen LogP contribution >= 0.6 is 0 Å².